The van der Waals surface area contributed by atoms with Crippen LogP contribution in [0, 0.1) is 0 Å². The number of para-hydroxylation sites is 1. The molecule has 0 radical (unpaired) electrons. The molecule has 0 fully saturated rings. The van der Waals surface area contributed by atoms with Gasteiger partial charge in [-0.3, -0.25) is 0 Å². The summed E-state index contributed by atoms with van der Waals surface area (Å²) in [5, 5.41) is 12.2. The van der Waals surface area contributed by atoms with Crippen molar-refractivity contribution in [1.29, 1.82) is 0 Å². The van der Waals surface area contributed by atoms with Gasteiger partial charge in [0.2, 0.25) is 5.76 Å². The first kappa shape index (κ1) is 12.2. The highest BCUT2D eigenvalue weighted by Gasteiger charge is 2.13. The molecule has 0 saturated carbocycles. The summed E-state index contributed by atoms with van der Waals surface area (Å²) in [6, 6.07) is 9.65. The van der Waals surface area contributed by atoms with Crippen LogP contribution in [-0.2, 0) is 13.0 Å². The Labute approximate surface area is 105 Å². The summed E-state index contributed by atoms with van der Waals surface area (Å²) < 4.78 is 4.93. The Bertz CT molecular complexity index is 545. The molecule has 0 atom stereocenters. The number of nitrogens with one attached hydrogen (secondary N) is 1. The lowest BCUT2D eigenvalue weighted by molar-refractivity contribution is 0.0661. The van der Waals surface area contributed by atoms with Crippen LogP contribution in [0.2, 0.25) is 0 Å². The summed E-state index contributed by atoms with van der Waals surface area (Å²) in [6.07, 6.45) is 2.33. The number of anilines is 1. The van der Waals surface area contributed by atoms with Crippen molar-refractivity contribution >= 4 is 11.7 Å². The molecular weight excluding hydrogens is 230 g/mol. The Morgan fingerprint density at radius 2 is 2.06 bits per heavy atom. The molecule has 2 rings (SSSR count). The number of carboxylic acids is 1. The number of aromatic carboxylic acids is 1. The highest BCUT2D eigenvalue weighted by Crippen LogP contribution is 2.18. The fraction of sp³-hybridized carbons (Fsp3) is 0.214. The second-order valence-corrected chi connectivity index (χ2v) is 3.94. The van der Waals surface area contributed by atoms with E-state index in [4.69, 9.17) is 9.52 Å². The van der Waals surface area contributed by atoms with Gasteiger partial charge in [-0.15, -0.1) is 0 Å². The van der Waals surface area contributed by atoms with Gasteiger partial charge in [-0.2, -0.15) is 0 Å². The minimum Gasteiger partial charge on any atom is -0.475 e. The van der Waals surface area contributed by atoms with Gasteiger partial charge in [-0.05, 0) is 24.1 Å². The van der Waals surface area contributed by atoms with Crippen LogP contribution >= 0.6 is 0 Å². The van der Waals surface area contributed by atoms with Crippen LogP contribution in [0.1, 0.15) is 28.6 Å². The second kappa shape index (κ2) is 5.40. The number of hydrogen-bond donors (Lipinski definition) is 2. The average Bonchev–Trinajstić information content (AvgIpc) is 2.85. The third kappa shape index (κ3) is 2.53. The fourth-order valence-corrected chi connectivity index (χ4v) is 1.85. The molecule has 4 nitrogen and oxygen atoms in total. The minimum atomic E-state index is -1.04. The monoisotopic (exact) mass is 245 g/mol. The van der Waals surface area contributed by atoms with Crippen molar-refractivity contribution < 1.29 is 14.3 Å². The first-order chi connectivity index (χ1) is 8.72. The predicted molar refractivity (Wildman–Crippen MR) is 68.8 cm³/mol. The predicted octanol–water partition coefficient (Wildman–Crippen LogP) is 3.15. The molecule has 18 heavy (non-hydrogen) atoms. The van der Waals surface area contributed by atoms with E-state index in [9.17, 15) is 4.79 Å². The lowest BCUT2D eigenvalue weighted by atomic mass is 10.1. The zero-order chi connectivity index (χ0) is 13.0. The Kier molecular flexibility index (Phi) is 3.67. The normalized spacial score (nSPS) is 10.3. The number of benzene rings is 1. The van der Waals surface area contributed by atoms with Gasteiger partial charge in [0.05, 0.1) is 6.26 Å². The highest BCUT2D eigenvalue weighted by atomic mass is 16.4. The summed E-state index contributed by atoms with van der Waals surface area (Å²) in [4.78, 5) is 10.9. The molecule has 0 bridgehead atoms. The van der Waals surface area contributed by atoms with Crippen molar-refractivity contribution in [3.8, 4) is 0 Å². The zero-order valence-electron chi connectivity index (χ0n) is 10.1. The lowest BCUT2D eigenvalue weighted by Crippen LogP contribution is -2.05. The minimum absolute atomic E-state index is 0.00326. The van der Waals surface area contributed by atoms with E-state index >= 15 is 0 Å². The van der Waals surface area contributed by atoms with E-state index in [1.54, 1.807) is 6.07 Å². The Hall–Kier alpha value is -2.23. The van der Waals surface area contributed by atoms with Gasteiger partial charge >= 0.3 is 5.97 Å². The maximum atomic E-state index is 10.9. The van der Waals surface area contributed by atoms with Crippen LogP contribution in [-0.4, -0.2) is 11.1 Å². The van der Waals surface area contributed by atoms with Crippen molar-refractivity contribution in [2.75, 3.05) is 5.32 Å². The van der Waals surface area contributed by atoms with Crippen LogP contribution in [0.25, 0.3) is 0 Å². The van der Waals surface area contributed by atoms with E-state index < -0.39 is 5.97 Å². The average molecular weight is 245 g/mol. The summed E-state index contributed by atoms with van der Waals surface area (Å²) in [5.74, 6) is -1.04. The largest absolute Gasteiger partial charge is 0.475 e. The number of rotatable bonds is 5. The van der Waals surface area contributed by atoms with Crippen LogP contribution in [0.15, 0.2) is 41.0 Å². The van der Waals surface area contributed by atoms with Gasteiger partial charge in [0.25, 0.3) is 0 Å². The standard InChI is InChI=1S/C14H15NO3/c1-2-10-5-3-4-6-12(10)15-9-11-7-8-18-13(11)14(16)17/h3-8,15H,2,9H2,1H3,(H,16,17). The summed E-state index contributed by atoms with van der Waals surface area (Å²) in [5.41, 5.74) is 2.88. The Balaban J connectivity index is 2.11. The molecule has 0 aliphatic heterocycles. The smallest absolute Gasteiger partial charge is 0.372 e. The maximum absolute atomic E-state index is 10.9. The van der Waals surface area contributed by atoms with E-state index in [0.717, 1.165) is 12.1 Å². The van der Waals surface area contributed by atoms with Crippen molar-refractivity contribution in [3.05, 3.63) is 53.5 Å². The van der Waals surface area contributed by atoms with Crippen LogP contribution in [0.5, 0.6) is 0 Å². The van der Waals surface area contributed by atoms with Crippen molar-refractivity contribution in [1.82, 2.24) is 0 Å². The van der Waals surface area contributed by atoms with Gasteiger partial charge < -0.3 is 14.8 Å². The van der Waals surface area contributed by atoms with Gasteiger partial charge in [-0.1, -0.05) is 25.1 Å². The SMILES string of the molecule is CCc1ccccc1NCc1ccoc1C(=O)O. The van der Waals surface area contributed by atoms with Gasteiger partial charge in [0.1, 0.15) is 0 Å². The highest BCUT2D eigenvalue weighted by molar-refractivity contribution is 5.86. The number of hydrogen-bond acceptors (Lipinski definition) is 3. The summed E-state index contributed by atoms with van der Waals surface area (Å²) in [6.45, 7) is 2.52. The van der Waals surface area contributed by atoms with E-state index in [-0.39, 0.29) is 5.76 Å². The quantitative estimate of drug-likeness (QED) is 0.849. The van der Waals surface area contributed by atoms with Gasteiger partial charge in [-0.25, -0.2) is 4.79 Å². The molecule has 0 aliphatic carbocycles. The number of carbonyl (C=O) groups is 1. The third-order valence-corrected chi connectivity index (χ3v) is 2.81. The molecule has 4 heteroatoms. The van der Waals surface area contributed by atoms with Crippen LogP contribution in [0.4, 0.5) is 5.69 Å². The van der Waals surface area contributed by atoms with E-state index in [1.165, 1.54) is 11.8 Å². The topological polar surface area (TPSA) is 62.5 Å². The molecule has 1 heterocycles. The summed E-state index contributed by atoms with van der Waals surface area (Å²) >= 11 is 0. The van der Waals surface area contributed by atoms with E-state index in [1.807, 2.05) is 18.2 Å². The number of carboxylic acid groups (broad SMARTS) is 1. The Morgan fingerprint density at radius 3 is 2.78 bits per heavy atom. The van der Waals surface area contributed by atoms with E-state index in [0.29, 0.717) is 12.1 Å². The molecule has 0 saturated heterocycles. The van der Waals surface area contributed by atoms with E-state index in [2.05, 4.69) is 18.3 Å². The molecule has 2 aromatic rings. The van der Waals surface area contributed by atoms with Crippen molar-refractivity contribution in [2.45, 2.75) is 19.9 Å². The molecule has 0 amide bonds. The zero-order valence-corrected chi connectivity index (χ0v) is 10.1. The second-order valence-electron chi connectivity index (χ2n) is 3.94. The van der Waals surface area contributed by atoms with Crippen molar-refractivity contribution in [3.63, 3.8) is 0 Å². The molecule has 0 aliphatic rings. The molecule has 2 N–H and O–H groups in total. The number of furan rings is 1. The molecule has 1 aromatic heterocycles. The first-order valence-corrected chi connectivity index (χ1v) is 5.83. The molecule has 0 spiro atoms. The van der Waals surface area contributed by atoms with Gasteiger partial charge in [0.15, 0.2) is 0 Å². The van der Waals surface area contributed by atoms with Crippen LogP contribution in [0.3, 0.4) is 0 Å². The first-order valence-electron chi connectivity index (χ1n) is 5.83. The van der Waals surface area contributed by atoms with Crippen LogP contribution < -0.4 is 5.32 Å². The molecule has 94 valence electrons. The maximum Gasteiger partial charge on any atom is 0.372 e. The lowest BCUT2D eigenvalue weighted by Gasteiger charge is -2.10. The summed E-state index contributed by atoms with van der Waals surface area (Å²) in [7, 11) is 0. The Morgan fingerprint density at radius 1 is 1.28 bits per heavy atom. The molecule has 1 aromatic carbocycles. The molecule has 0 unspecified atom stereocenters. The fourth-order valence-electron chi connectivity index (χ4n) is 1.85. The molecular formula is C14H15NO3. The van der Waals surface area contributed by atoms with Gasteiger partial charge in [0, 0.05) is 17.8 Å². The van der Waals surface area contributed by atoms with Crippen molar-refractivity contribution in [2.24, 2.45) is 0 Å². The number of aryl methyl sites for hydroxylation is 1. The third-order valence-electron chi connectivity index (χ3n) is 2.81.